The number of amides is 1. The molecule has 0 radical (unpaired) electrons. The molecule has 0 fully saturated rings. The summed E-state index contributed by atoms with van der Waals surface area (Å²) in [7, 11) is 0. The Balaban J connectivity index is 1.98. The van der Waals surface area contributed by atoms with Gasteiger partial charge in [0.15, 0.2) is 11.9 Å². The van der Waals surface area contributed by atoms with Crippen molar-refractivity contribution in [1.82, 2.24) is 5.32 Å². The minimum atomic E-state index is -0.883. The van der Waals surface area contributed by atoms with Gasteiger partial charge in [0, 0.05) is 17.7 Å². The number of carbonyl (C=O) groups is 3. The Kier molecular flexibility index (Phi) is 6.67. The second-order valence-electron chi connectivity index (χ2n) is 6.46. The Morgan fingerprint density at radius 3 is 1.96 bits per heavy atom. The Bertz CT molecular complexity index is 766. The van der Waals surface area contributed by atoms with E-state index in [1.54, 1.807) is 36.4 Å². The van der Waals surface area contributed by atoms with Gasteiger partial charge in [-0.05, 0) is 25.0 Å². The molecule has 0 heterocycles. The predicted octanol–water partition coefficient (Wildman–Crippen LogP) is 3.24. The molecular weight excluding hydrogens is 330 g/mol. The molecule has 0 aliphatic heterocycles. The summed E-state index contributed by atoms with van der Waals surface area (Å²) in [5.41, 5.74) is 1.35. The number of nitrogens with one attached hydrogen (secondary N) is 1. The molecular formula is C21H23NO4. The molecule has 1 amide bonds. The highest BCUT2D eigenvalue weighted by Gasteiger charge is 2.19. The van der Waals surface area contributed by atoms with Crippen molar-refractivity contribution in [2.24, 2.45) is 5.92 Å². The number of benzene rings is 2. The molecule has 1 atom stereocenters. The van der Waals surface area contributed by atoms with Crippen molar-refractivity contribution < 1.29 is 19.1 Å². The summed E-state index contributed by atoms with van der Waals surface area (Å²) in [4.78, 5) is 36.4. The van der Waals surface area contributed by atoms with Gasteiger partial charge in [0.1, 0.15) is 0 Å². The van der Waals surface area contributed by atoms with Crippen LogP contribution in [0.3, 0.4) is 0 Å². The van der Waals surface area contributed by atoms with E-state index in [9.17, 15) is 14.4 Å². The van der Waals surface area contributed by atoms with Gasteiger partial charge in [-0.15, -0.1) is 0 Å². The maximum absolute atomic E-state index is 12.4. The Morgan fingerprint density at radius 2 is 1.38 bits per heavy atom. The van der Waals surface area contributed by atoms with Gasteiger partial charge in [0.2, 0.25) is 0 Å². The van der Waals surface area contributed by atoms with Crippen LogP contribution < -0.4 is 5.32 Å². The van der Waals surface area contributed by atoms with E-state index in [0.717, 1.165) is 0 Å². The van der Waals surface area contributed by atoms with Crippen LogP contribution in [0.4, 0.5) is 0 Å². The van der Waals surface area contributed by atoms with Crippen LogP contribution in [0.5, 0.6) is 0 Å². The first-order chi connectivity index (χ1) is 12.4. The van der Waals surface area contributed by atoms with E-state index in [-0.39, 0.29) is 17.3 Å². The zero-order valence-corrected chi connectivity index (χ0v) is 15.2. The molecule has 26 heavy (non-hydrogen) atoms. The second kappa shape index (κ2) is 8.94. The minimum Gasteiger partial charge on any atom is -0.449 e. The van der Waals surface area contributed by atoms with Crippen molar-refractivity contribution in [1.29, 1.82) is 0 Å². The van der Waals surface area contributed by atoms with Gasteiger partial charge in [-0.25, -0.2) is 4.79 Å². The molecule has 2 aromatic carbocycles. The number of hydrogen-bond acceptors (Lipinski definition) is 4. The third kappa shape index (κ3) is 5.28. The van der Waals surface area contributed by atoms with Crippen molar-refractivity contribution in [2.45, 2.75) is 26.9 Å². The van der Waals surface area contributed by atoms with E-state index in [4.69, 9.17) is 4.74 Å². The first-order valence-electron chi connectivity index (χ1n) is 8.57. The highest BCUT2D eigenvalue weighted by molar-refractivity contribution is 6.09. The van der Waals surface area contributed by atoms with E-state index >= 15 is 0 Å². The highest BCUT2D eigenvalue weighted by Crippen LogP contribution is 2.12. The molecule has 136 valence electrons. The van der Waals surface area contributed by atoms with Gasteiger partial charge in [0.25, 0.3) is 5.91 Å². The summed E-state index contributed by atoms with van der Waals surface area (Å²) in [5, 5.41) is 2.72. The van der Waals surface area contributed by atoms with Crippen LogP contribution in [0, 0.1) is 5.92 Å². The van der Waals surface area contributed by atoms with Gasteiger partial charge >= 0.3 is 5.97 Å². The molecule has 0 aliphatic carbocycles. The van der Waals surface area contributed by atoms with Crippen LogP contribution in [0.25, 0.3) is 0 Å². The number of hydrogen-bond donors (Lipinski definition) is 1. The van der Waals surface area contributed by atoms with Crippen LogP contribution >= 0.6 is 0 Å². The summed E-state index contributed by atoms with van der Waals surface area (Å²) in [6, 6.07) is 15.1. The minimum absolute atomic E-state index is 0.119. The lowest BCUT2D eigenvalue weighted by Crippen LogP contribution is -2.37. The smallest absolute Gasteiger partial charge is 0.338 e. The zero-order chi connectivity index (χ0) is 19.1. The fourth-order valence-corrected chi connectivity index (χ4v) is 2.24. The third-order valence-electron chi connectivity index (χ3n) is 3.76. The van der Waals surface area contributed by atoms with Crippen LogP contribution in [0.1, 0.15) is 47.1 Å². The standard InChI is InChI=1S/C21H23NO4/c1-14(2)13-22-20(24)15(3)26-21(25)18-11-9-17(10-12-18)19(23)16-7-5-4-6-8-16/h4-12,14-15H,13H2,1-3H3,(H,22,24)/t15-/m0/s1. The van der Waals surface area contributed by atoms with Crippen LogP contribution in [-0.2, 0) is 9.53 Å². The fourth-order valence-electron chi connectivity index (χ4n) is 2.24. The van der Waals surface area contributed by atoms with Gasteiger partial charge in [-0.2, -0.15) is 0 Å². The number of ether oxygens (including phenoxy) is 1. The van der Waals surface area contributed by atoms with Gasteiger partial charge < -0.3 is 10.1 Å². The van der Waals surface area contributed by atoms with Crippen LogP contribution in [-0.4, -0.2) is 30.3 Å². The van der Waals surface area contributed by atoms with Crippen molar-refractivity contribution in [3.8, 4) is 0 Å². The molecule has 1 N–H and O–H groups in total. The topological polar surface area (TPSA) is 72.5 Å². The molecule has 2 rings (SSSR count). The largest absolute Gasteiger partial charge is 0.449 e. The molecule has 5 nitrogen and oxygen atoms in total. The molecule has 2 aromatic rings. The van der Waals surface area contributed by atoms with Crippen LogP contribution in [0.15, 0.2) is 54.6 Å². The molecule has 0 aromatic heterocycles. The molecule has 0 unspecified atom stereocenters. The lowest BCUT2D eigenvalue weighted by molar-refractivity contribution is -0.129. The van der Waals surface area contributed by atoms with Crippen LogP contribution in [0.2, 0.25) is 0 Å². The maximum Gasteiger partial charge on any atom is 0.338 e. The Morgan fingerprint density at radius 1 is 0.846 bits per heavy atom. The van der Waals surface area contributed by atoms with E-state index in [0.29, 0.717) is 23.6 Å². The Hall–Kier alpha value is -2.95. The number of esters is 1. The van der Waals surface area contributed by atoms with Crippen molar-refractivity contribution in [3.05, 3.63) is 71.3 Å². The molecule has 0 saturated carbocycles. The van der Waals surface area contributed by atoms with E-state index in [1.165, 1.54) is 19.1 Å². The third-order valence-corrected chi connectivity index (χ3v) is 3.76. The number of rotatable bonds is 7. The van der Waals surface area contributed by atoms with Crippen molar-refractivity contribution in [3.63, 3.8) is 0 Å². The lowest BCUT2D eigenvalue weighted by atomic mass is 10.0. The van der Waals surface area contributed by atoms with Gasteiger partial charge in [-0.1, -0.05) is 56.3 Å². The number of carbonyl (C=O) groups excluding carboxylic acids is 3. The quantitative estimate of drug-likeness (QED) is 0.613. The lowest BCUT2D eigenvalue weighted by Gasteiger charge is -2.14. The molecule has 0 bridgehead atoms. The monoisotopic (exact) mass is 353 g/mol. The first-order valence-corrected chi connectivity index (χ1v) is 8.57. The van der Waals surface area contributed by atoms with E-state index < -0.39 is 12.1 Å². The summed E-state index contributed by atoms with van der Waals surface area (Å²) in [6.45, 7) is 6.02. The maximum atomic E-state index is 12.4. The second-order valence-corrected chi connectivity index (χ2v) is 6.46. The summed E-state index contributed by atoms with van der Waals surface area (Å²) >= 11 is 0. The summed E-state index contributed by atoms with van der Waals surface area (Å²) in [5.74, 6) is -0.734. The molecule has 0 saturated heterocycles. The molecule has 0 aliphatic rings. The zero-order valence-electron chi connectivity index (χ0n) is 15.2. The first kappa shape index (κ1) is 19.4. The van der Waals surface area contributed by atoms with Crippen molar-refractivity contribution >= 4 is 17.7 Å². The predicted molar refractivity (Wildman–Crippen MR) is 99.0 cm³/mol. The van der Waals surface area contributed by atoms with Crippen molar-refractivity contribution in [2.75, 3.05) is 6.54 Å². The van der Waals surface area contributed by atoms with E-state index in [2.05, 4.69) is 5.32 Å². The highest BCUT2D eigenvalue weighted by atomic mass is 16.5. The molecule has 5 heteroatoms. The van der Waals surface area contributed by atoms with Gasteiger partial charge in [0.05, 0.1) is 5.56 Å². The normalized spacial score (nSPS) is 11.7. The average molecular weight is 353 g/mol. The van der Waals surface area contributed by atoms with Gasteiger partial charge in [-0.3, -0.25) is 9.59 Å². The van der Waals surface area contributed by atoms with E-state index in [1.807, 2.05) is 19.9 Å². The average Bonchev–Trinajstić information content (AvgIpc) is 2.66. The summed E-state index contributed by atoms with van der Waals surface area (Å²) in [6.07, 6.45) is -0.883. The SMILES string of the molecule is CC(C)CNC(=O)[C@H](C)OC(=O)c1ccc(C(=O)c2ccccc2)cc1. The Labute approximate surface area is 153 Å². The number of ketones is 1. The summed E-state index contributed by atoms with van der Waals surface area (Å²) < 4.78 is 5.18. The molecule has 0 spiro atoms. The fraction of sp³-hybridized carbons (Fsp3) is 0.286.